The van der Waals surface area contributed by atoms with Crippen LogP contribution in [0.1, 0.15) is 67.9 Å². The van der Waals surface area contributed by atoms with Crippen molar-refractivity contribution >= 4 is 6.08 Å². The molecule has 0 saturated carbocycles. The molecule has 1 aliphatic heterocycles. The molecule has 0 aromatic heterocycles. The Kier molecular flexibility index (Phi) is 8.22. The molecule has 2 rings (SSSR count). The fourth-order valence-electron chi connectivity index (χ4n) is 2.78. The minimum absolute atomic E-state index is 0.0454. The second kappa shape index (κ2) is 9.57. The van der Waals surface area contributed by atoms with Gasteiger partial charge >= 0.3 is 0 Å². The molecule has 0 atom stereocenters. The first-order valence-corrected chi connectivity index (χ1v) is 10.4. The Bertz CT molecular complexity index is 825. The molecule has 1 aliphatic rings. The zero-order valence-corrected chi connectivity index (χ0v) is 19.5. The molecule has 0 aliphatic carbocycles. The van der Waals surface area contributed by atoms with E-state index in [4.69, 9.17) is 4.74 Å². The normalized spacial score (nSPS) is 14.8. The highest BCUT2D eigenvalue weighted by Crippen LogP contribution is 2.39. The quantitative estimate of drug-likeness (QED) is 0.785. The zero-order chi connectivity index (χ0) is 22.6. The number of allylic oxidation sites excluding steroid dienone is 5. The summed E-state index contributed by atoms with van der Waals surface area (Å²) in [5.74, 6) is 0.815. The number of hydrogen-bond donors (Lipinski definition) is 1. The summed E-state index contributed by atoms with van der Waals surface area (Å²) in [6.45, 7) is 22.6. The van der Waals surface area contributed by atoms with Gasteiger partial charge in [0.05, 0.1) is 19.6 Å². The second-order valence-corrected chi connectivity index (χ2v) is 9.48. The largest absolute Gasteiger partial charge is 0.869 e. The Balaban J connectivity index is 0.000000516. The molecular formula is C24H37NO4. The summed E-state index contributed by atoms with van der Waals surface area (Å²) < 4.78 is 5.99. The maximum Gasteiger partial charge on any atom is 0.231 e. The van der Waals surface area contributed by atoms with E-state index in [1.807, 2.05) is 53.7 Å². The summed E-state index contributed by atoms with van der Waals surface area (Å²) in [5.41, 5.74) is -1.41. The molecule has 0 bridgehead atoms. The van der Waals surface area contributed by atoms with Crippen LogP contribution < -0.4 is 20.9 Å². The predicted octanol–water partition coefficient (Wildman–Crippen LogP) is 2.56. The summed E-state index contributed by atoms with van der Waals surface area (Å²) in [4.78, 5) is 24.2. The molecular weight excluding hydrogens is 366 g/mol. The lowest BCUT2D eigenvalue weighted by atomic mass is 9.86. The van der Waals surface area contributed by atoms with Crippen LogP contribution in [0.5, 0.6) is 5.75 Å². The fourth-order valence-corrected chi connectivity index (χ4v) is 2.78. The van der Waals surface area contributed by atoms with Crippen LogP contribution in [-0.4, -0.2) is 19.6 Å². The molecule has 1 N–H and O–H groups in total. The number of hydrogen-bond acceptors (Lipinski definition) is 4. The molecule has 0 amide bonds. The van der Waals surface area contributed by atoms with Gasteiger partial charge in [-0.25, -0.2) is 0 Å². The van der Waals surface area contributed by atoms with E-state index < -0.39 is 16.6 Å². The van der Waals surface area contributed by atoms with Gasteiger partial charge in [0.2, 0.25) is 10.9 Å². The molecule has 29 heavy (non-hydrogen) atoms. The van der Waals surface area contributed by atoms with Gasteiger partial charge < -0.3 is 14.7 Å². The first-order chi connectivity index (χ1) is 13.3. The minimum atomic E-state index is -0.932. The SMILES string of the molecule is CC(C)(C)C1=CC(=Cc2c([O-])c(=O)c2=O)C=C(C(C)(C)C)O1.CC[NH+](CC)CC. The van der Waals surface area contributed by atoms with E-state index in [-0.39, 0.29) is 16.4 Å². The van der Waals surface area contributed by atoms with E-state index in [1.165, 1.54) is 25.7 Å². The van der Waals surface area contributed by atoms with Gasteiger partial charge in [0.15, 0.2) is 0 Å². The standard InChI is InChI=1S/C18H22O4.C6H15N/c1-17(2,3)12-8-10(9-13(22-12)18(4,5)6)7-11-14(19)16(21)15(11)20;1-4-7(5-2)6-3/h7-9,19H,1-6H3;4-6H2,1-3H3. The molecule has 5 heteroatoms. The first-order valence-electron chi connectivity index (χ1n) is 10.4. The highest BCUT2D eigenvalue weighted by Gasteiger charge is 2.29. The predicted molar refractivity (Wildman–Crippen MR) is 118 cm³/mol. The van der Waals surface area contributed by atoms with E-state index in [9.17, 15) is 14.7 Å². The average molecular weight is 404 g/mol. The summed E-state index contributed by atoms with van der Waals surface area (Å²) in [7, 11) is 0. The van der Waals surface area contributed by atoms with Crippen LogP contribution >= 0.6 is 0 Å². The van der Waals surface area contributed by atoms with Gasteiger partial charge in [0, 0.05) is 16.4 Å². The van der Waals surface area contributed by atoms with Crippen molar-refractivity contribution < 1.29 is 14.7 Å². The summed E-state index contributed by atoms with van der Waals surface area (Å²) in [6.07, 6.45) is 5.10. The highest BCUT2D eigenvalue weighted by atomic mass is 16.5. The molecule has 0 spiro atoms. The molecule has 0 unspecified atom stereocenters. The van der Waals surface area contributed by atoms with Crippen molar-refractivity contribution in [2.24, 2.45) is 10.8 Å². The third kappa shape index (κ3) is 6.43. The lowest BCUT2D eigenvalue weighted by Gasteiger charge is -2.32. The zero-order valence-electron chi connectivity index (χ0n) is 19.5. The van der Waals surface area contributed by atoms with Crippen molar-refractivity contribution in [1.82, 2.24) is 0 Å². The van der Waals surface area contributed by atoms with Gasteiger partial charge in [-0.3, -0.25) is 9.59 Å². The van der Waals surface area contributed by atoms with Gasteiger partial charge in [-0.2, -0.15) is 0 Å². The van der Waals surface area contributed by atoms with Gasteiger partial charge in [0.25, 0.3) is 0 Å². The smallest absolute Gasteiger partial charge is 0.231 e. The number of ether oxygens (including phenoxy) is 1. The Morgan fingerprint density at radius 3 is 1.55 bits per heavy atom. The molecule has 1 aromatic carbocycles. The summed E-state index contributed by atoms with van der Waals surface area (Å²) in [5, 5.41) is 11.5. The average Bonchev–Trinajstić information content (AvgIpc) is 2.65. The van der Waals surface area contributed by atoms with Crippen molar-refractivity contribution in [1.29, 1.82) is 0 Å². The van der Waals surface area contributed by atoms with Crippen molar-refractivity contribution in [3.8, 4) is 5.75 Å². The molecule has 162 valence electrons. The van der Waals surface area contributed by atoms with Crippen LogP contribution in [0.3, 0.4) is 0 Å². The van der Waals surface area contributed by atoms with Crippen LogP contribution in [0, 0.1) is 10.8 Å². The number of rotatable bonds is 4. The van der Waals surface area contributed by atoms with Gasteiger partial charge in [0.1, 0.15) is 11.5 Å². The monoisotopic (exact) mass is 403 g/mol. The molecule has 1 heterocycles. The topological polar surface area (TPSA) is 70.9 Å². The minimum Gasteiger partial charge on any atom is -0.869 e. The summed E-state index contributed by atoms with van der Waals surface area (Å²) in [6, 6.07) is 0. The van der Waals surface area contributed by atoms with E-state index in [0.717, 1.165) is 11.5 Å². The van der Waals surface area contributed by atoms with E-state index in [1.54, 1.807) is 4.90 Å². The van der Waals surface area contributed by atoms with Crippen molar-refractivity contribution in [2.75, 3.05) is 19.6 Å². The highest BCUT2D eigenvalue weighted by molar-refractivity contribution is 5.67. The van der Waals surface area contributed by atoms with Crippen LogP contribution in [0.15, 0.2) is 38.8 Å². The molecule has 0 radical (unpaired) electrons. The fraction of sp³-hybridized carbons (Fsp3) is 0.583. The Morgan fingerprint density at radius 1 is 0.862 bits per heavy atom. The van der Waals surface area contributed by atoms with Crippen LogP contribution in [-0.2, 0) is 4.74 Å². The lowest BCUT2D eigenvalue weighted by Crippen LogP contribution is -3.11. The van der Waals surface area contributed by atoms with Crippen molar-refractivity contribution in [3.63, 3.8) is 0 Å². The third-order valence-corrected chi connectivity index (χ3v) is 5.01. The van der Waals surface area contributed by atoms with Crippen LogP contribution in [0.4, 0.5) is 0 Å². The van der Waals surface area contributed by atoms with Gasteiger partial charge in [-0.1, -0.05) is 41.5 Å². The molecule has 0 saturated heterocycles. The van der Waals surface area contributed by atoms with E-state index in [0.29, 0.717) is 5.57 Å². The Hall–Kier alpha value is -2.14. The third-order valence-electron chi connectivity index (χ3n) is 5.01. The van der Waals surface area contributed by atoms with Crippen molar-refractivity contribution in [2.45, 2.75) is 62.3 Å². The first kappa shape index (κ1) is 24.9. The molecule has 0 fully saturated rings. The Morgan fingerprint density at radius 2 is 1.28 bits per heavy atom. The summed E-state index contributed by atoms with van der Waals surface area (Å²) >= 11 is 0. The van der Waals surface area contributed by atoms with E-state index >= 15 is 0 Å². The number of nitrogens with one attached hydrogen (secondary N) is 1. The lowest BCUT2D eigenvalue weighted by molar-refractivity contribution is -0.894. The number of quaternary nitrogens is 1. The maximum absolute atomic E-state index is 11.5. The van der Waals surface area contributed by atoms with Crippen LogP contribution in [0.2, 0.25) is 0 Å². The molecule has 1 aromatic rings. The second-order valence-electron chi connectivity index (χ2n) is 9.48. The maximum atomic E-state index is 11.5. The van der Waals surface area contributed by atoms with Gasteiger partial charge in [-0.05, 0) is 50.3 Å². The van der Waals surface area contributed by atoms with Crippen LogP contribution in [0.25, 0.3) is 6.08 Å². The van der Waals surface area contributed by atoms with E-state index in [2.05, 4.69) is 20.8 Å². The Labute approximate surface area is 175 Å². The molecule has 5 nitrogen and oxygen atoms in total. The van der Waals surface area contributed by atoms with Crippen molar-refractivity contribution in [3.05, 3.63) is 55.3 Å². The van der Waals surface area contributed by atoms with Gasteiger partial charge in [-0.15, -0.1) is 0 Å².